The number of hydrogen-bond donors (Lipinski definition) is 5. The predicted molar refractivity (Wildman–Crippen MR) is 150 cm³/mol. The molecule has 10 nitrogen and oxygen atoms in total. The lowest BCUT2D eigenvalue weighted by atomic mass is 9.98. The molecule has 0 aromatic heterocycles. The van der Waals surface area contributed by atoms with E-state index >= 15 is 0 Å². The monoisotopic (exact) mass is 522 g/mol. The third-order valence-electron chi connectivity index (χ3n) is 5.91. The average Bonchev–Trinajstić information content (AvgIpc) is 2.92. The fraction of sp³-hybridized carbons (Fsp3) is 0.357. The van der Waals surface area contributed by atoms with Gasteiger partial charge in [0.25, 0.3) is 0 Å². The minimum atomic E-state index is -0.994. The van der Waals surface area contributed by atoms with Crippen molar-refractivity contribution in [2.75, 3.05) is 26.0 Å². The van der Waals surface area contributed by atoms with Gasteiger partial charge in [-0.3, -0.25) is 14.6 Å². The quantitative estimate of drug-likeness (QED) is 0.103. The number of nitrogens with two attached hydrogens (primary N) is 2. The van der Waals surface area contributed by atoms with E-state index < -0.39 is 24.0 Å². The Labute approximate surface area is 223 Å². The molecule has 204 valence electrons. The topological polar surface area (TPSA) is 161 Å². The molecule has 2 atom stereocenters. The first-order valence-electron chi connectivity index (χ1n) is 12.5. The van der Waals surface area contributed by atoms with Crippen LogP contribution < -0.4 is 27.4 Å². The van der Waals surface area contributed by atoms with E-state index in [9.17, 15) is 14.4 Å². The number of carbonyl (C=O) groups excluding carboxylic acids is 3. The van der Waals surface area contributed by atoms with Crippen LogP contribution in [0.25, 0.3) is 5.57 Å². The number of nitrogens with zero attached hydrogens (tertiary/aromatic N) is 1. The van der Waals surface area contributed by atoms with Crippen molar-refractivity contribution in [3.8, 4) is 0 Å². The molecule has 0 radical (unpaired) electrons. The van der Waals surface area contributed by atoms with Gasteiger partial charge >= 0.3 is 5.97 Å². The van der Waals surface area contributed by atoms with Gasteiger partial charge in [-0.25, -0.2) is 4.79 Å². The van der Waals surface area contributed by atoms with Gasteiger partial charge in [0, 0.05) is 37.7 Å². The maximum Gasteiger partial charge on any atom is 0.328 e. The van der Waals surface area contributed by atoms with Crippen molar-refractivity contribution in [1.29, 1.82) is 0 Å². The summed E-state index contributed by atoms with van der Waals surface area (Å²) in [6, 6.07) is 15.2. The molecule has 0 fully saturated rings. The van der Waals surface area contributed by atoms with Crippen molar-refractivity contribution in [1.82, 2.24) is 10.6 Å². The van der Waals surface area contributed by atoms with Crippen molar-refractivity contribution in [3.05, 3.63) is 72.3 Å². The number of nitrogens with one attached hydrogen (secondary N) is 3. The molecular formula is C28H38N6O4. The Morgan fingerprint density at radius 3 is 2.34 bits per heavy atom. The third-order valence-corrected chi connectivity index (χ3v) is 5.91. The van der Waals surface area contributed by atoms with E-state index in [4.69, 9.17) is 16.2 Å². The van der Waals surface area contributed by atoms with E-state index in [2.05, 4.69) is 27.5 Å². The van der Waals surface area contributed by atoms with Crippen LogP contribution in [0.4, 0.5) is 5.69 Å². The number of benzene rings is 2. The maximum atomic E-state index is 13.3. The molecule has 2 unspecified atom stereocenters. The third kappa shape index (κ3) is 9.96. The summed E-state index contributed by atoms with van der Waals surface area (Å²) in [7, 11) is 3.04. The van der Waals surface area contributed by atoms with Crippen LogP contribution in [0.1, 0.15) is 36.8 Å². The smallest absolute Gasteiger partial charge is 0.328 e. The van der Waals surface area contributed by atoms with Crippen LogP contribution in [0.2, 0.25) is 0 Å². The molecule has 38 heavy (non-hydrogen) atoms. The summed E-state index contributed by atoms with van der Waals surface area (Å²) in [6.07, 6.45) is 1.58. The molecule has 7 N–H and O–H groups in total. The van der Waals surface area contributed by atoms with E-state index in [0.29, 0.717) is 25.0 Å². The molecule has 2 amide bonds. The van der Waals surface area contributed by atoms with E-state index in [-0.39, 0.29) is 31.1 Å². The van der Waals surface area contributed by atoms with Gasteiger partial charge in [0.1, 0.15) is 12.1 Å². The summed E-state index contributed by atoms with van der Waals surface area (Å²) in [5, 5.41) is 8.63. The lowest BCUT2D eigenvalue weighted by Gasteiger charge is -2.23. The van der Waals surface area contributed by atoms with Gasteiger partial charge in [-0.05, 0) is 36.5 Å². The molecular weight excluding hydrogens is 484 g/mol. The van der Waals surface area contributed by atoms with E-state index in [0.717, 1.165) is 16.8 Å². The Hall–Kier alpha value is -4.34. The number of amides is 2. The molecule has 2 aromatic rings. The van der Waals surface area contributed by atoms with Crippen molar-refractivity contribution in [3.63, 3.8) is 0 Å². The highest BCUT2D eigenvalue weighted by molar-refractivity contribution is 5.92. The number of hydrogen-bond acceptors (Lipinski definition) is 6. The number of guanidine groups is 1. The van der Waals surface area contributed by atoms with E-state index in [1.54, 1.807) is 7.05 Å². The normalized spacial score (nSPS) is 11.9. The summed E-state index contributed by atoms with van der Waals surface area (Å²) in [5.41, 5.74) is 14.1. The molecule has 0 saturated carbocycles. The Balaban J connectivity index is 2.12. The molecule has 10 heteroatoms. The number of carbonyl (C=O) groups is 3. The minimum absolute atomic E-state index is 0.0518. The van der Waals surface area contributed by atoms with Crippen LogP contribution in [-0.4, -0.2) is 56.5 Å². The number of ether oxygens (including phenoxy) is 1. The zero-order chi connectivity index (χ0) is 27.9. The minimum Gasteiger partial charge on any atom is -0.467 e. The first-order chi connectivity index (χ1) is 18.2. The zero-order valence-corrected chi connectivity index (χ0v) is 22.0. The van der Waals surface area contributed by atoms with Gasteiger partial charge in [-0.15, -0.1) is 0 Å². The van der Waals surface area contributed by atoms with Crippen LogP contribution in [0, 0.1) is 0 Å². The highest BCUT2D eigenvalue weighted by Crippen LogP contribution is 2.26. The fourth-order valence-electron chi connectivity index (χ4n) is 3.92. The first kappa shape index (κ1) is 29.9. The molecule has 0 aliphatic carbocycles. The number of aryl methyl sites for hydroxylation is 1. The zero-order valence-electron chi connectivity index (χ0n) is 22.0. The number of rotatable bonds is 15. The lowest BCUT2D eigenvalue weighted by Crippen LogP contribution is -2.52. The van der Waals surface area contributed by atoms with Crippen LogP contribution in [0.5, 0.6) is 0 Å². The summed E-state index contributed by atoms with van der Waals surface area (Å²) in [5.74, 6) is -1.45. The van der Waals surface area contributed by atoms with Gasteiger partial charge < -0.3 is 32.2 Å². The highest BCUT2D eigenvalue weighted by Gasteiger charge is 2.28. The van der Waals surface area contributed by atoms with Gasteiger partial charge in [-0.1, -0.05) is 55.1 Å². The Bertz CT molecular complexity index is 1120. The van der Waals surface area contributed by atoms with Crippen LogP contribution >= 0.6 is 0 Å². The summed E-state index contributed by atoms with van der Waals surface area (Å²) < 4.78 is 4.94. The largest absolute Gasteiger partial charge is 0.467 e. The highest BCUT2D eigenvalue weighted by atomic mass is 16.5. The Morgan fingerprint density at radius 1 is 1.00 bits per heavy atom. The Kier molecular flexibility index (Phi) is 12.4. The summed E-state index contributed by atoms with van der Waals surface area (Å²) in [4.78, 5) is 42.5. The summed E-state index contributed by atoms with van der Waals surface area (Å²) >= 11 is 0. The van der Waals surface area contributed by atoms with Crippen LogP contribution in [-0.2, 0) is 25.5 Å². The van der Waals surface area contributed by atoms with Crippen LogP contribution in [0.15, 0.2) is 66.2 Å². The van der Waals surface area contributed by atoms with Crippen molar-refractivity contribution in [2.45, 2.75) is 44.2 Å². The van der Waals surface area contributed by atoms with Crippen LogP contribution in [0.3, 0.4) is 0 Å². The second kappa shape index (κ2) is 15.7. The molecule has 0 aliphatic heterocycles. The van der Waals surface area contributed by atoms with Gasteiger partial charge in [0.05, 0.1) is 7.11 Å². The van der Waals surface area contributed by atoms with Crippen molar-refractivity contribution in [2.24, 2.45) is 16.5 Å². The van der Waals surface area contributed by atoms with Gasteiger partial charge in [0.15, 0.2) is 5.96 Å². The number of methoxy groups -OCH3 is 1. The average molecular weight is 523 g/mol. The number of aliphatic imine (C=N–C) groups is 1. The molecule has 0 bridgehead atoms. The predicted octanol–water partition coefficient (Wildman–Crippen LogP) is 1.96. The second-order valence-electron chi connectivity index (χ2n) is 8.74. The number of para-hydroxylation sites is 1. The molecule has 0 heterocycles. The number of esters is 1. The first-order valence-corrected chi connectivity index (χ1v) is 12.5. The lowest BCUT2D eigenvalue weighted by molar-refractivity contribution is -0.145. The fourth-order valence-corrected chi connectivity index (χ4v) is 3.92. The second-order valence-corrected chi connectivity index (χ2v) is 8.74. The van der Waals surface area contributed by atoms with Gasteiger partial charge in [-0.2, -0.15) is 0 Å². The maximum absolute atomic E-state index is 13.3. The molecule has 0 spiro atoms. The molecule has 2 aromatic carbocycles. The standard InChI is InChI=1S/C28H38N6O4/c1-19(21-12-7-8-13-22(21)31-2)18-24(27(37)38-3)34-26(36)23(14-9-17-32-28(29)30)33-25(35)16-15-20-10-5-4-6-11-20/h4-8,10-13,23-24,31H,1,9,14-18H2,2-3H3,(H,33,35)(H,34,36)(H4,29,30,32). The SMILES string of the molecule is C=C(CC(NC(=O)C(CCCN=C(N)N)NC(=O)CCc1ccccc1)C(=O)OC)c1ccccc1NC. The van der Waals surface area contributed by atoms with Gasteiger partial charge in [0.2, 0.25) is 11.8 Å². The molecule has 0 saturated heterocycles. The van der Waals surface area contributed by atoms with E-state index in [1.165, 1.54) is 7.11 Å². The Morgan fingerprint density at radius 2 is 1.68 bits per heavy atom. The van der Waals surface area contributed by atoms with E-state index in [1.807, 2.05) is 54.6 Å². The number of anilines is 1. The molecule has 0 aliphatic rings. The van der Waals surface area contributed by atoms with Crippen molar-refractivity contribution < 1.29 is 19.1 Å². The van der Waals surface area contributed by atoms with Crippen molar-refractivity contribution >= 4 is 35.0 Å². The summed E-state index contributed by atoms with van der Waals surface area (Å²) in [6.45, 7) is 4.41. The molecule has 2 rings (SSSR count).